The van der Waals surface area contributed by atoms with E-state index < -0.39 is 4.92 Å². The van der Waals surface area contributed by atoms with E-state index >= 15 is 0 Å². The van der Waals surface area contributed by atoms with Crippen LogP contribution in [0.5, 0.6) is 0 Å². The van der Waals surface area contributed by atoms with Crippen LogP contribution in [0.15, 0.2) is 18.2 Å². The standard InChI is InChI=1S/C16H25N3O3/c1-11(2)9-18(12(3)4)10-15(20)17-16-13(5)7-6-8-14(16)19(21)22/h6-8,11-12H,9-10H2,1-5H3,(H,17,20). The molecule has 6 nitrogen and oxygen atoms in total. The molecule has 6 heteroatoms. The van der Waals surface area contributed by atoms with Crippen molar-refractivity contribution in [3.05, 3.63) is 33.9 Å². The normalized spacial score (nSPS) is 11.3. The van der Waals surface area contributed by atoms with Crippen molar-refractivity contribution in [2.45, 2.75) is 40.7 Å². The molecule has 0 saturated heterocycles. The third-order valence-corrected chi connectivity index (χ3v) is 3.39. The predicted molar refractivity (Wildman–Crippen MR) is 88.0 cm³/mol. The van der Waals surface area contributed by atoms with E-state index in [0.29, 0.717) is 11.5 Å². The molecule has 1 N–H and O–H groups in total. The maximum absolute atomic E-state index is 12.3. The van der Waals surface area contributed by atoms with Crippen molar-refractivity contribution in [3.8, 4) is 0 Å². The number of nitro groups is 1. The number of carbonyl (C=O) groups excluding carboxylic acids is 1. The van der Waals surface area contributed by atoms with E-state index in [2.05, 4.69) is 24.1 Å². The van der Waals surface area contributed by atoms with Gasteiger partial charge in [0, 0.05) is 18.7 Å². The maximum atomic E-state index is 12.3. The smallest absolute Gasteiger partial charge is 0.293 e. The molecule has 1 amide bonds. The number of nitrogens with zero attached hydrogens (tertiary/aromatic N) is 2. The quantitative estimate of drug-likeness (QED) is 0.620. The van der Waals surface area contributed by atoms with Gasteiger partial charge in [-0.15, -0.1) is 0 Å². The Balaban J connectivity index is 2.87. The summed E-state index contributed by atoms with van der Waals surface area (Å²) in [5.74, 6) is 0.217. The van der Waals surface area contributed by atoms with E-state index in [1.54, 1.807) is 19.1 Å². The van der Waals surface area contributed by atoms with Crippen LogP contribution in [0.1, 0.15) is 33.3 Å². The van der Waals surface area contributed by atoms with Crippen LogP contribution < -0.4 is 5.32 Å². The number of aryl methyl sites for hydroxylation is 1. The van der Waals surface area contributed by atoms with Crippen LogP contribution in [0.3, 0.4) is 0 Å². The lowest BCUT2D eigenvalue weighted by atomic mass is 10.1. The Morgan fingerprint density at radius 2 is 1.95 bits per heavy atom. The molecule has 0 aliphatic rings. The molecule has 0 unspecified atom stereocenters. The molecule has 0 spiro atoms. The lowest BCUT2D eigenvalue weighted by Gasteiger charge is -2.27. The van der Waals surface area contributed by atoms with Crippen molar-refractivity contribution in [2.75, 3.05) is 18.4 Å². The lowest BCUT2D eigenvalue weighted by molar-refractivity contribution is -0.384. The Morgan fingerprint density at radius 1 is 1.32 bits per heavy atom. The third-order valence-electron chi connectivity index (χ3n) is 3.39. The Hall–Kier alpha value is -1.95. The Labute approximate surface area is 131 Å². The zero-order valence-electron chi connectivity index (χ0n) is 13.9. The number of hydrogen-bond acceptors (Lipinski definition) is 4. The molecule has 0 heterocycles. The molecule has 0 bridgehead atoms. The van der Waals surface area contributed by atoms with Gasteiger partial charge >= 0.3 is 0 Å². The average Bonchev–Trinajstić information content (AvgIpc) is 2.39. The average molecular weight is 307 g/mol. The van der Waals surface area contributed by atoms with E-state index in [9.17, 15) is 14.9 Å². The van der Waals surface area contributed by atoms with Crippen molar-refractivity contribution in [1.29, 1.82) is 0 Å². The summed E-state index contributed by atoms with van der Waals surface area (Å²) in [5.41, 5.74) is 0.890. The molecule has 0 aliphatic heterocycles. The van der Waals surface area contributed by atoms with Gasteiger partial charge < -0.3 is 5.32 Å². The first-order valence-electron chi connectivity index (χ1n) is 7.50. The molecule has 22 heavy (non-hydrogen) atoms. The van der Waals surface area contributed by atoms with Crippen molar-refractivity contribution in [3.63, 3.8) is 0 Å². The second-order valence-electron chi connectivity index (χ2n) is 6.19. The van der Waals surface area contributed by atoms with Gasteiger partial charge in [0.1, 0.15) is 5.69 Å². The zero-order chi connectivity index (χ0) is 16.9. The molecule has 0 aliphatic carbocycles. The SMILES string of the molecule is Cc1cccc([N+](=O)[O-])c1NC(=O)CN(CC(C)C)C(C)C. The van der Waals surface area contributed by atoms with Crippen LogP contribution >= 0.6 is 0 Å². The summed E-state index contributed by atoms with van der Waals surface area (Å²) in [6.45, 7) is 11.0. The number of carbonyl (C=O) groups is 1. The monoisotopic (exact) mass is 307 g/mol. The summed E-state index contributed by atoms with van der Waals surface area (Å²) < 4.78 is 0. The number of nitrogens with one attached hydrogen (secondary N) is 1. The van der Waals surface area contributed by atoms with Gasteiger partial charge in [-0.05, 0) is 32.3 Å². The van der Waals surface area contributed by atoms with E-state index in [0.717, 1.165) is 6.54 Å². The van der Waals surface area contributed by atoms with Crippen molar-refractivity contribution in [2.24, 2.45) is 5.92 Å². The van der Waals surface area contributed by atoms with Crippen LogP contribution in [0, 0.1) is 23.0 Å². The number of hydrogen-bond donors (Lipinski definition) is 1. The largest absolute Gasteiger partial charge is 0.319 e. The minimum Gasteiger partial charge on any atom is -0.319 e. The molecule has 1 aromatic carbocycles. The number of benzene rings is 1. The first-order valence-corrected chi connectivity index (χ1v) is 7.50. The maximum Gasteiger partial charge on any atom is 0.293 e. The van der Waals surface area contributed by atoms with E-state index in [4.69, 9.17) is 0 Å². The second-order valence-corrected chi connectivity index (χ2v) is 6.19. The van der Waals surface area contributed by atoms with Gasteiger partial charge in [-0.25, -0.2) is 0 Å². The summed E-state index contributed by atoms with van der Waals surface area (Å²) in [5, 5.41) is 13.8. The molecule has 0 radical (unpaired) electrons. The number of nitro benzene ring substituents is 1. The molecule has 0 atom stereocenters. The van der Waals surface area contributed by atoms with Crippen LogP contribution in [-0.4, -0.2) is 34.9 Å². The highest BCUT2D eigenvalue weighted by atomic mass is 16.6. The first kappa shape index (κ1) is 18.1. The van der Waals surface area contributed by atoms with Crippen molar-refractivity contribution >= 4 is 17.3 Å². The molecular formula is C16H25N3O3. The Morgan fingerprint density at radius 3 is 2.45 bits per heavy atom. The van der Waals surface area contributed by atoms with Crippen molar-refractivity contribution < 1.29 is 9.72 Å². The third kappa shape index (κ3) is 5.11. The first-order chi connectivity index (χ1) is 10.2. The Bertz CT molecular complexity index is 541. The van der Waals surface area contributed by atoms with E-state index in [1.165, 1.54) is 6.07 Å². The topological polar surface area (TPSA) is 75.5 Å². The fourth-order valence-electron chi connectivity index (χ4n) is 2.26. The number of rotatable bonds is 7. The highest BCUT2D eigenvalue weighted by Gasteiger charge is 2.20. The van der Waals surface area contributed by atoms with Gasteiger partial charge in [-0.3, -0.25) is 19.8 Å². The predicted octanol–water partition coefficient (Wildman–Crippen LogP) is 3.21. The summed E-state index contributed by atoms with van der Waals surface area (Å²) in [6, 6.07) is 5.00. The van der Waals surface area contributed by atoms with Crippen LogP contribution in [-0.2, 0) is 4.79 Å². The van der Waals surface area contributed by atoms with Gasteiger partial charge in [0.15, 0.2) is 0 Å². The molecule has 0 saturated carbocycles. The van der Waals surface area contributed by atoms with Crippen LogP contribution in [0.25, 0.3) is 0 Å². The minimum absolute atomic E-state index is 0.0756. The van der Waals surface area contributed by atoms with Crippen molar-refractivity contribution in [1.82, 2.24) is 4.90 Å². The molecule has 122 valence electrons. The summed E-state index contributed by atoms with van der Waals surface area (Å²) in [4.78, 5) is 24.9. The molecule has 0 aromatic heterocycles. The molecule has 0 fully saturated rings. The highest BCUT2D eigenvalue weighted by Crippen LogP contribution is 2.27. The van der Waals surface area contributed by atoms with Gasteiger partial charge in [-0.1, -0.05) is 26.0 Å². The van der Waals surface area contributed by atoms with E-state index in [1.807, 2.05) is 13.8 Å². The number of amides is 1. The summed E-state index contributed by atoms with van der Waals surface area (Å²) in [7, 11) is 0. The van der Waals surface area contributed by atoms with Gasteiger partial charge in [-0.2, -0.15) is 0 Å². The zero-order valence-corrected chi connectivity index (χ0v) is 13.9. The number of anilines is 1. The molecule has 1 rings (SSSR count). The van der Waals surface area contributed by atoms with Crippen LogP contribution in [0.4, 0.5) is 11.4 Å². The summed E-state index contributed by atoms with van der Waals surface area (Å²) in [6.07, 6.45) is 0. The minimum atomic E-state index is -0.475. The Kier molecular flexibility index (Phi) is 6.49. The molecular weight excluding hydrogens is 282 g/mol. The molecule has 1 aromatic rings. The number of para-hydroxylation sites is 1. The summed E-state index contributed by atoms with van der Waals surface area (Å²) >= 11 is 0. The highest BCUT2D eigenvalue weighted by molar-refractivity contribution is 5.95. The van der Waals surface area contributed by atoms with Gasteiger partial charge in [0.25, 0.3) is 5.69 Å². The van der Waals surface area contributed by atoms with Gasteiger partial charge in [0.2, 0.25) is 5.91 Å². The fourth-order valence-corrected chi connectivity index (χ4v) is 2.26. The van der Waals surface area contributed by atoms with Crippen LogP contribution in [0.2, 0.25) is 0 Å². The van der Waals surface area contributed by atoms with Gasteiger partial charge in [0.05, 0.1) is 11.5 Å². The fraction of sp³-hybridized carbons (Fsp3) is 0.562. The second kappa shape index (κ2) is 7.89. The van der Waals surface area contributed by atoms with E-state index in [-0.39, 0.29) is 29.9 Å². The lowest BCUT2D eigenvalue weighted by Crippen LogP contribution is -2.40.